The van der Waals surface area contributed by atoms with E-state index in [0.29, 0.717) is 5.56 Å². The Balaban J connectivity index is 1.90. The van der Waals surface area contributed by atoms with Gasteiger partial charge in [-0.1, -0.05) is 43.3 Å². The van der Waals surface area contributed by atoms with Gasteiger partial charge in [0.2, 0.25) is 5.91 Å². The number of hydrogen-bond acceptors (Lipinski definition) is 2. The molecule has 140 valence electrons. The fraction of sp³-hybridized carbons (Fsp3) is 0.273. The van der Waals surface area contributed by atoms with E-state index in [1.165, 1.54) is 19.1 Å². The van der Waals surface area contributed by atoms with Crippen molar-refractivity contribution >= 4 is 17.4 Å². The van der Waals surface area contributed by atoms with Crippen LogP contribution in [0.15, 0.2) is 54.1 Å². The molecule has 0 bridgehead atoms. The van der Waals surface area contributed by atoms with Crippen LogP contribution < -0.4 is 5.32 Å². The van der Waals surface area contributed by atoms with Crippen molar-refractivity contribution in [3.63, 3.8) is 0 Å². The Labute approximate surface area is 157 Å². The smallest absolute Gasteiger partial charge is 0.232 e. The summed E-state index contributed by atoms with van der Waals surface area (Å²) in [5, 5.41) is 2.53. The molecule has 1 aliphatic rings. The van der Waals surface area contributed by atoms with Gasteiger partial charge < -0.3 is 5.32 Å². The molecule has 1 N–H and O–H groups in total. The van der Waals surface area contributed by atoms with E-state index in [9.17, 15) is 14.0 Å². The zero-order valence-electron chi connectivity index (χ0n) is 15.3. The molecule has 0 saturated heterocycles. The second-order valence-electron chi connectivity index (χ2n) is 6.65. The molecule has 0 aliphatic heterocycles. The Morgan fingerprint density at radius 1 is 1.11 bits per heavy atom. The number of hydrogen-bond donors (Lipinski definition) is 1. The number of rotatable bonds is 5. The molecule has 3 nitrogen and oxygen atoms in total. The summed E-state index contributed by atoms with van der Waals surface area (Å²) >= 11 is 0. The topological polar surface area (TPSA) is 46.2 Å². The largest absolute Gasteiger partial charge is 0.323 e. The number of benzene rings is 2. The van der Waals surface area contributed by atoms with Crippen molar-refractivity contribution in [3.05, 3.63) is 65.5 Å². The Hall–Kier alpha value is -2.82. The minimum absolute atomic E-state index is 0.0219. The standard InChI is InChI=1S/C22H21F2NO2/c1-3-14-7-4-5-8-16(14)17-9-6-10-20(21(17)24)25-22(27)19-12-15(23)11-18(19)13(2)26/h4-11,15,19H,3,12H2,1-2H3,(H,25,27)/t15?,19-/m1/s1. The fourth-order valence-electron chi connectivity index (χ4n) is 3.49. The normalized spacial score (nSPS) is 18.9. The van der Waals surface area contributed by atoms with Gasteiger partial charge in [0.15, 0.2) is 11.6 Å². The van der Waals surface area contributed by atoms with Gasteiger partial charge in [-0.15, -0.1) is 0 Å². The number of allylic oxidation sites excluding steroid dienone is 1. The second-order valence-corrected chi connectivity index (χ2v) is 6.65. The summed E-state index contributed by atoms with van der Waals surface area (Å²) in [5.74, 6) is -2.36. The third kappa shape index (κ3) is 3.82. The number of nitrogens with one attached hydrogen (secondary N) is 1. The van der Waals surface area contributed by atoms with Gasteiger partial charge in [-0.2, -0.15) is 0 Å². The van der Waals surface area contributed by atoms with Crippen LogP contribution in [0.2, 0.25) is 0 Å². The highest BCUT2D eigenvalue weighted by atomic mass is 19.1. The molecule has 2 atom stereocenters. The van der Waals surface area contributed by atoms with Crippen LogP contribution in [0.4, 0.5) is 14.5 Å². The molecular formula is C22H21F2NO2. The lowest BCUT2D eigenvalue weighted by Crippen LogP contribution is -2.25. The Kier molecular flexibility index (Phi) is 5.49. The van der Waals surface area contributed by atoms with Crippen LogP contribution in [0.3, 0.4) is 0 Å². The first-order valence-electron chi connectivity index (χ1n) is 8.96. The number of alkyl halides is 1. The Morgan fingerprint density at radius 3 is 2.52 bits per heavy atom. The number of Topliss-reactive ketones (excluding diaryl/α,β-unsaturated/α-hetero) is 1. The first-order chi connectivity index (χ1) is 12.9. The van der Waals surface area contributed by atoms with E-state index in [-0.39, 0.29) is 23.5 Å². The summed E-state index contributed by atoms with van der Waals surface area (Å²) in [5.41, 5.74) is 2.32. The van der Waals surface area contributed by atoms with Crippen LogP contribution in [-0.2, 0) is 16.0 Å². The highest BCUT2D eigenvalue weighted by Crippen LogP contribution is 2.33. The highest BCUT2D eigenvalue weighted by Gasteiger charge is 2.34. The molecule has 5 heteroatoms. The Bertz CT molecular complexity index is 920. The molecule has 1 aliphatic carbocycles. The molecule has 0 radical (unpaired) electrons. The monoisotopic (exact) mass is 369 g/mol. The van der Waals surface area contributed by atoms with Crippen molar-refractivity contribution in [2.45, 2.75) is 32.9 Å². The maximum atomic E-state index is 15.1. The predicted octanol–water partition coefficient (Wildman–Crippen LogP) is 4.87. The van der Waals surface area contributed by atoms with Crippen LogP contribution >= 0.6 is 0 Å². The summed E-state index contributed by atoms with van der Waals surface area (Å²) in [6.45, 7) is 3.29. The van der Waals surface area contributed by atoms with Crippen molar-refractivity contribution in [2.24, 2.45) is 5.92 Å². The van der Waals surface area contributed by atoms with Crippen LogP contribution in [0.25, 0.3) is 11.1 Å². The zero-order chi connectivity index (χ0) is 19.6. The first-order valence-corrected chi connectivity index (χ1v) is 8.96. The van der Waals surface area contributed by atoms with Gasteiger partial charge in [0.1, 0.15) is 6.17 Å². The van der Waals surface area contributed by atoms with E-state index >= 15 is 4.39 Å². The van der Waals surface area contributed by atoms with Crippen molar-refractivity contribution in [1.29, 1.82) is 0 Å². The lowest BCUT2D eigenvalue weighted by Gasteiger charge is -2.16. The van der Waals surface area contributed by atoms with Gasteiger partial charge in [0.05, 0.1) is 11.6 Å². The zero-order valence-corrected chi connectivity index (χ0v) is 15.3. The van der Waals surface area contributed by atoms with Crippen molar-refractivity contribution in [1.82, 2.24) is 0 Å². The van der Waals surface area contributed by atoms with Gasteiger partial charge in [0.25, 0.3) is 0 Å². The van der Waals surface area contributed by atoms with Gasteiger partial charge in [-0.05, 0) is 43.0 Å². The molecule has 27 heavy (non-hydrogen) atoms. The SMILES string of the molecule is CCc1ccccc1-c1cccc(NC(=O)[C@@H]2CC(F)C=C2C(C)=O)c1F. The number of anilines is 1. The molecule has 0 fully saturated rings. The summed E-state index contributed by atoms with van der Waals surface area (Å²) in [6, 6.07) is 12.3. The number of aryl methyl sites for hydroxylation is 1. The minimum atomic E-state index is -1.34. The van der Waals surface area contributed by atoms with Crippen molar-refractivity contribution in [3.8, 4) is 11.1 Å². The minimum Gasteiger partial charge on any atom is -0.323 e. The van der Waals surface area contributed by atoms with E-state index in [1.54, 1.807) is 12.1 Å². The van der Waals surface area contributed by atoms with E-state index in [1.807, 2.05) is 31.2 Å². The van der Waals surface area contributed by atoms with Crippen molar-refractivity contribution < 1.29 is 18.4 Å². The number of carbonyl (C=O) groups is 2. The molecule has 2 aromatic rings. The third-order valence-corrected chi connectivity index (χ3v) is 4.86. The number of ketones is 1. The van der Waals surface area contributed by atoms with E-state index in [4.69, 9.17) is 0 Å². The number of halogens is 2. The van der Waals surface area contributed by atoms with Gasteiger partial charge >= 0.3 is 0 Å². The molecule has 0 spiro atoms. The number of amides is 1. The van der Waals surface area contributed by atoms with E-state index in [0.717, 1.165) is 17.5 Å². The molecule has 1 amide bonds. The average Bonchev–Trinajstić information content (AvgIpc) is 3.06. The van der Waals surface area contributed by atoms with Crippen LogP contribution in [0.1, 0.15) is 25.8 Å². The summed E-state index contributed by atoms with van der Waals surface area (Å²) < 4.78 is 28.7. The molecule has 0 heterocycles. The van der Waals surface area contributed by atoms with Crippen LogP contribution in [0.5, 0.6) is 0 Å². The molecular weight excluding hydrogens is 348 g/mol. The van der Waals surface area contributed by atoms with Gasteiger partial charge in [-0.3, -0.25) is 9.59 Å². The highest BCUT2D eigenvalue weighted by molar-refractivity contribution is 6.05. The van der Waals surface area contributed by atoms with Gasteiger partial charge in [0, 0.05) is 11.1 Å². The molecule has 1 unspecified atom stereocenters. The molecule has 0 saturated carbocycles. The summed E-state index contributed by atoms with van der Waals surface area (Å²) in [6.07, 6.45) is 0.489. The molecule has 2 aromatic carbocycles. The van der Waals surface area contributed by atoms with Crippen molar-refractivity contribution in [2.75, 3.05) is 5.32 Å². The average molecular weight is 369 g/mol. The van der Waals surface area contributed by atoms with Crippen LogP contribution in [0, 0.1) is 11.7 Å². The van der Waals surface area contributed by atoms with E-state index in [2.05, 4.69) is 5.32 Å². The lowest BCUT2D eigenvalue weighted by atomic mass is 9.96. The lowest BCUT2D eigenvalue weighted by molar-refractivity contribution is -0.121. The number of carbonyl (C=O) groups excluding carboxylic acids is 2. The molecule has 0 aromatic heterocycles. The quantitative estimate of drug-likeness (QED) is 0.817. The van der Waals surface area contributed by atoms with E-state index < -0.39 is 23.8 Å². The maximum absolute atomic E-state index is 15.1. The summed E-state index contributed by atoms with van der Waals surface area (Å²) in [7, 11) is 0. The second kappa shape index (κ2) is 7.82. The maximum Gasteiger partial charge on any atom is 0.232 e. The predicted molar refractivity (Wildman–Crippen MR) is 102 cm³/mol. The fourth-order valence-corrected chi connectivity index (χ4v) is 3.49. The molecule has 3 rings (SSSR count). The first kappa shape index (κ1) is 19.0. The Morgan fingerprint density at radius 2 is 1.81 bits per heavy atom. The third-order valence-electron chi connectivity index (χ3n) is 4.86. The van der Waals surface area contributed by atoms with Gasteiger partial charge in [-0.25, -0.2) is 8.78 Å². The van der Waals surface area contributed by atoms with Crippen LogP contribution in [-0.4, -0.2) is 17.9 Å². The summed E-state index contributed by atoms with van der Waals surface area (Å²) in [4.78, 5) is 24.2.